The van der Waals surface area contributed by atoms with Gasteiger partial charge in [0.05, 0.1) is 4.92 Å². The number of nitro benzene ring substituents is 1. The molecule has 2 amide bonds. The van der Waals surface area contributed by atoms with Crippen molar-refractivity contribution < 1.29 is 19.2 Å². The van der Waals surface area contributed by atoms with Crippen LogP contribution in [0.15, 0.2) is 72.8 Å². The molecule has 0 bridgehead atoms. The topological polar surface area (TPSA) is 111 Å². The van der Waals surface area contributed by atoms with Crippen LogP contribution in [0.2, 0.25) is 0 Å². The average molecular weight is 447 g/mol. The predicted octanol–water partition coefficient (Wildman–Crippen LogP) is 4.69. The summed E-state index contributed by atoms with van der Waals surface area (Å²) in [5, 5.41) is 16.4. The van der Waals surface area contributed by atoms with Crippen molar-refractivity contribution in [3.63, 3.8) is 0 Å². The van der Waals surface area contributed by atoms with Gasteiger partial charge in [0.25, 0.3) is 5.69 Å². The molecule has 8 heteroatoms. The van der Waals surface area contributed by atoms with Crippen molar-refractivity contribution >= 4 is 23.4 Å². The fourth-order valence-corrected chi connectivity index (χ4v) is 3.21. The average Bonchev–Trinajstić information content (AvgIpc) is 2.81. The Morgan fingerprint density at radius 1 is 0.939 bits per heavy atom. The number of hydrogen-bond donors (Lipinski definition) is 2. The van der Waals surface area contributed by atoms with E-state index in [2.05, 4.69) is 10.6 Å². The second-order valence-electron chi connectivity index (χ2n) is 7.62. The molecule has 8 nitrogen and oxygen atoms in total. The molecular formula is C25H25N3O5. The van der Waals surface area contributed by atoms with Crippen LogP contribution in [-0.4, -0.2) is 23.0 Å². The lowest BCUT2D eigenvalue weighted by Crippen LogP contribution is -2.45. The Hall–Kier alpha value is -4.20. The number of aryl methyl sites for hydroxylation is 1. The van der Waals surface area contributed by atoms with Crippen LogP contribution in [0.3, 0.4) is 0 Å². The number of nitrogens with one attached hydrogen (secondary N) is 2. The van der Waals surface area contributed by atoms with Gasteiger partial charge >= 0.3 is 6.09 Å². The Morgan fingerprint density at radius 2 is 1.64 bits per heavy atom. The van der Waals surface area contributed by atoms with Crippen LogP contribution < -0.4 is 10.6 Å². The molecule has 2 N–H and O–H groups in total. The summed E-state index contributed by atoms with van der Waals surface area (Å²) < 4.78 is 5.27. The molecule has 3 aromatic carbocycles. The molecule has 0 aliphatic heterocycles. The fourth-order valence-electron chi connectivity index (χ4n) is 3.21. The SMILES string of the molecule is Cc1cccc(NC(=O)[C@H](Cc2ccc([N+](=O)[O-])cc2)NC(=O)OCc2ccccc2)c1C. The second-order valence-corrected chi connectivity index (χ2v) is 7.62. The largest absolute Gasteiger partial charge is 0.445 e. The van der Waals surface area contributed by atoms with Crippen LogP contribution in [0.5, 0.6) is 0 Å². The minimum Gasteiger partial charge on any atom is -0.445 e. The Morgan fingerprint density at radius 3 is 2.30 bits per heavy atom. The van der Waals surface area contributed by atoms with E-state index in [1.807, 2.05) is 56.3 Å². The van der Waals surface area contributed by atoms with E-state index in [0.29, 0.717) is 11.3 Å². The van der Waals surface area contributed by atoms with Crippen LogP contribution in [0.25, 0.3) is 0 Å². The van der Waals surface area contributed by atoms with E-state index in [1.54, 1.807) is 18.2 Å². The number of benzene rings is 3. The smallest absolute Gasteiger partial charge is 0.408 e. The third kappa shape index (κ3) is 6.64. The normalized spacial score (nSPS) is 11.3. The maximum absolute atomic E-state index is 13.1. The molecule has 0 saturated carbocycles. The van der Waals surface area contributed by atoms with Crippen molar-refractivity contribution in [2.24, 2.45) is 0 Å². The highest BCUT2D eigenvalue weighted by Crippen LogP contribution is 2.19. The lowest BCUT2D eigenvalue weighted by Gasteiger charge is -2.20. The number of alkyl carbamates (subject to hydrolysis) is 1. The van der Waals surface area contributed by atoms with Gasteiger partial charge in [-0.1, -0.05) is 54.6 Å². The van der Waals surface area contributed by atoms with E-state index in [0.717, 1.165) is 16.7 Å². The third-order valence-electron chi connectivity index (χ3n) is 5.27. The maximum Gasteiger partial charge on any atom is 0.408 e. The van der Waals surface area contributed by atoms with Gasteiger partial charge in [-0.2, -0.15) is 0 Å². The van der Waals surface area contributed by atoms with Gasteiger partial charge in [0.2, 0.25) is 5.91 Å². The number of amides is 2. The summed E-state index contributed by atoms with van der Waals surface area (Å²) in [5.74, 6) is -0.418. The van der Waals surface area contributed by atoms with Crippen LogP contribution in [0.4, 0.5) is 16.2 Å². The lowest BCUT2D eigenvalue weighted by atomic mass is 10.0. The molecule has 3 rings (SSSR count). The first-order valence-corrected chi connectivity index (χ1v) is 10.4. The third-order valence-corrected chi connectivity index (χ3v) is 5.27. The molecule has 0 aromatic heterocycles. The summed E-state index contributed by atoms with van der Waals surface area (Å²) in [6.45, 7) is 3.91. The molecule has 0 heterocycles. The molecule has 1 atom stereocenters. The van der Waals surface area contributed by atoms with Gasteiger partial charge in [0.1, 0.15) is 12.6 Å². The summed E-state index contributed by atoms with van der Waals surface area (Å²) in [6.07, 6.45) is -0.600. The molecule has 33 heavy (non-hydrogen) atoms. The second kappa shape index (κ2) is 10.9. The summed E-state index contributed by atoms with van der Waals surface area (Å²) in [6, 6.07) is 19.7. The van der Waals surface area contributed by atoms with Crippen molar-refractivity contribution in [3.05, 3.63) is 105 Å². The van der Waals surface area contributed by atoms with Gasteiger partial charge in [-0.05, 0) is 42.2 Å². The van der Waals surface area contributed by atoms with E-state index < -0.39 is 23.0 Å². The van der Waals surface area contributed by atoms with Crippen LogP contribution in [0.1, 0.15) is 22.3 Å². The number of nitro groups is 1. The van der Waals surface area contributed by atoms with Crippen LogP contribution in [-0.2, 0) is 22.6 Å². The Bertz CT molecular complexity index is 1130. The van der Waals surface area contributed by atoms with Crippen molar-refractivity contribution in [1.29, 1.82) is 0 Å². The zero-order chi connectivity index (χ0) is 23.8. The van der Waals surface area contributed by atoms with Gasteiger partial charge in [-0.3, -0.25) is 14.9 Å². The monoisotopic (exact) mass is 447 g/mol. The summed E-state index contributed by atoms with van der Waals surface area (Å²) in [7, 11) is 0. The van der Waals surface area contributed by atoms with Crippen molar-refractivity contribution in [1.82, 2.24) is 5.32 Å². The van der Waals surface area contributed by atoms with Crippen LogP contribution in [0, 0.1) is 24.0 Å². The summed E-state index contributed by atoms with van der Waals surface area (Å²) >= 11 is 0. The minimum atomic E-state index is -0.949. The number of non-ortho nitro benzene ring substituents is 1. The van der Waals surface area contributed by atoms with E-state index in [9.17, 15) is 19.7 Å². The van der Waals surface area contributed by atoms with Gasteiger partial charge < -0.3 is 15.4 Å². The molecule has 0 unspecified atom stereocenters. The predicted molar refractivity (Wildman–Crippen MR) is 125 cm³/mol. The number of carbonyl (C=O) groups is 2. The van der Waals surface area contributed by atoms with E-state index in [-0.39, 0.29) is 18.7 Å². The summed E-state index contributed by atoms with van der Waals surface area (Å²) in [5.41, 5.74) is 4.02. The molecule has 0 fully saturated rings. The van der Waals surface area contributed by atoms with Crippen molar-refractivity contribution in [3.8, 4) is 0 Å². The maximum atomic E-state index is 13.1. The number of rotatable bonds is 8. The lowest BCUT2D eigenvalue weighted by molar-refractivity contribution is -0.384. The highest BCUT2D eigenvalue weighted by molar-refractivity contribution is 5.97. The Labute approximate surface area is 191 Å². The number of hydrogen-bond acceptors (Lipinski definition) is 5. The summed E-state index contributed by atoms with van der Waals surface area (Å²) in [4.78, 5) is 35.9. The molecule has 0 saturated heterocycles. The Balaban J connectivity index is 1.74. The number of anilines is 1. The quantitative estimate of drug-likeness (QED) is 0.385. The highest BCUT2D eigenvalue weighted by atomic mass is 16.6. The fraction of sp³-hybridized carbons (Fsp3) is 0.200. The van der Waals surface area contributed by atoms with Gasteiger partial charge in [-0.25, -0.2) is 4.79 Å². The standard InChI is InChI=1S/C25H25N3O5/c1-17-7-6-10-22(18(17)2)26-24(29)23(15-19-11-13-21(14-12-19)28(31)32)27-25(30)33-16-20-8-4-3-5-9-20/h3-14,23H,15-16H2,1-2H3,(H,26,29)(H,27,30)/t23-/m0/s1. The van der Waals surface area contributed by atoms with Gasteiger partial charge in [-0.15, -0.1) is 0 Å². The van der Waals surface area contributed by atoms with Crippen LogP contribution >= 0.6 is 0 Å². The molecule has 3 aromatic rings. The molecular weight excluding hydrogens is 422 g/mol. The van der Waals surface area contributed by atoms with E-state index >= 15 is 0 Å². The molecule has 0 radical (unpaired) electrons. The molecule has 0 aliphatic rings. The minimum absolute atomic E-state index is 0.0506. The van der Waals surface area contributed by atoms with Gasteiger partial charge in [0, 0.05) is 24.2 Å². The Kier molecular flexibility index (Phi) is 7.75. The number of ether oxygens (including phenoxy) is 1. The first-order valence-electron chi connectivity index (χ1n) is 10.4. The zero-order valence-corrected chi connectivity index (χ0v) is 18.4. The highest BCUT2D eigenvalue weighted by Gasteiger charge is 2.23. The zero-order valence-electron chi connectivity index (χ0n) is 18.4. The van der Waals surface area contributed by atoms with Crippen molar-refractivity contribution in [2.45, 2.75) is 32.9 Å². The number of carbonyl (C=O) groups excluding carboxylic acids is 2. The molecule has 0 spiro atoms. The van der Waals surface area contributed by atoms with E-state index in [4.69, 9.17) is 4.74 Å². The van der Waals surface area contributed by atoms with E-state index in [1.165, 1.54) is 12.1 Å². The van der Waals surface area contributed by atoms with Crippen molar-refractivity contribution in [2.75, 3.05) is 5.32 Å². The first-order chi connectivity index (χ1) is 15.8. The first kappa shape index (κ1) is 23.5. The number of nitrogens with zero attached hydrogens (tertiary/aromatic N) is 1. The molecule has 0 aliphatic carbocycles. The van der Waals surface area contributed by atoms with Gasteiger partial charge in [0.15, 0.2) is 0 Å². The molecule has 170 valence electrons.